The van der Waals surface area contributed by atoms with Gasteiger partial charge in [-0.1, -0.05) is 59.8 Å². The molecule has 0 radical (unpaired) electrons. The lowest BCUT2D eigenvalue weighted by Gasteiger charge is -2.28. The zero-order valence-corrected chi connectivity index (χ0v) is 13.0. The fourth-order valence-electron chi connectivity index (χ4n) is 2.47. The van der Waals surface area contributed by atoms with Gasteiger partial charge in [-0.3, -0.25) is 0 Å². The Balaban J connectivity index is 3.84. The van der Waals surface area contributed by atoms with Gasteiger partial charge in [0.25, 0.3) is 0 Å². The van der Waals surface area contributed by atoms with E-state index in [1.807, 2.05) is 0 Å². The molecular formula is C16H35N. The highest BCUT2D eigenvalue weighted by molar-refractivity contribution is 4.69. The van der Waals surface area contributed by atoms with E-state index in [0.29, 0.717) is 0 Å². The van der Waals surface area contributed by atoms with E-state index in [2.05, 4.69) is 39.6 Å². The molecule has 0 aliphatic heterocycles. The van der Waals surface area contributed by atoms with Crippen LogP contribution < -0.4 is 0 Å². The van der Waals surface area contributed by atoms with Crippen molar-refractivity contribution in [2.24, 2.45) is 5.92 Å². The maximum atomic E-state index is 2.61. The Labute approximate surface area is 110 Å². The molecule has 0 N–H and O–H groups in total. The molecular weight excluding hydrogens is 206 g/mol. The average Bonchev–Trinajstić information content (AvgIpc) is 2.27. The molecule has 0 aromatic carbocycles. The van der Waals surface area contributed by atoms with Gasteiger partial charge in [-0.2, -0.15) is 0 Å². The maximum Gasteiger partial charge on any atom is 0.00921 e. The van der Waals surface area contributed by atoms with Gasteiger partial charge in [0, 0.05) is 6.04 Å². The van der Waals surface area contributed by atoms with Crippen LogP contribution in [0.4, 0.5) is 0 Å². The minimum absolute atomic E-state index is 0.829. The molecule has 0 amide bonds. The first kappa shape index (κ1) is 17.0. The van der Waals surface area contributed by atoms with Crippen LogP contribution in [0.25, 0.3) is 0 Å². The molecule has 0 saturated heterocycles. The standard InChI is InChI=1S/C16H35N/c1-6-8-9-14-17(5)16(11-7-2)13-10-12-15(3)4/h15-16H,6-14H2,1-5H3. The zero-order chi connectivity index (χ0) is 13.1. The minimum atomic E-state index is 0.829. The van der Waals surface area contributed by atoms with Gasteiger partial charge in [0.1, 0.15) is 0 Å². The van der Waals surface area contributed by atoms with E-state index in [4.69, 9.17) is 0 Å². The van der Waals surface area contributed by atoms with Gasteiger partial charge in [0.2, 0.25) is 0 Å². The third-order valence-electron chi connectivity index (χ3n) is 3.68. The third kappa shape index (κ3) is 9.64. The second-order valence-corrected chi connectivity index (χ2v) is 5.95. The van der Waals surface area contributed by atoms with Crippen molar-refractivity contribution < 1.29 is 0 Å². The molecule has 0 rings (SSSR count). The number of nitrogens with zero attached hydrogens (tertiary/aromatic N) is 1. The van der Waals surface area contributed by atoms with Gasteiger partial charge < -0.3 is 4.90 Å². The molecule has 0 aliphatic carbocycles. The van der Waals surface area contributed by atoms with E-state index in [1.54, 1.807) is 0 Å². The Kier molecular flexibility index (Phi) is 11.0. The number of hydrogen-bond donors (Lipinski definition) is 0. The van der Waals surface area contributed by atoms with Gasteiger partial charge in [-0.05, 0) is 38.8 Å². The summed E-state index contributed by atoms with van der Waals surface area (Å²) in [5.41, 5.74) is 0. The van der Waals surface area contributed by atoms with Gasteiger partial charge in [0.05, 0.1) is 0 Å². The van der Waals surface area contributed by atoms with Crippen LogP contribution in [0.15, 0.2) is 0 Å². The van der Waals surface area contributed by atoms with Crippen LogP contribution in [0.1, 0.15) is 79.1 Å². The smallest absolute Gasteiger partial charge is 0.00921 e. The summed E-state index contributed by atoms with van der Waals surface area (Å²) in [6, 6.07) is 0.829. The lowest BCUT2D eigenvalue weighted by atomic mass is 9.99. The SMILES string of the molecule is CCCCCN(C)C(CCC)CCCC(C)C. The molecule has 0 heterocycles. The quantitative estimate of drug-likeness (QED) is 0.455. The molecule has 1 atom stereocenters. The monoisotopic (exact) mass is 241 g/mol. The summed E-state index contributed by atoms with van der Waals surface area (Å²) in [5, 5.41) is 0. The highest BCUT2D eigenvalue weighted by atomic mass is 15.1. The average molecular weight is 241 g/mol. The normalized spacial score (nSPS) is 13.6. The van der Waals surface area contributed by atoms with Crippen molar-refractivity contribution in [1.82, 2.24) is 4.90 Å². The largest absolute Gasteiger partial charge is 0.303 e. The third-order valence-corrected chi connectivity index (χ3v) is 3.68. The Bertz CT molecular complexity index is 154. The molecule has 0 aromatic heterocycles. The summed E-state index contributed by atoms with van der Waals surface area (Å²) >= 11 is 0. The van der Waals surface area contributed by atoms with Gasteiger partial charge in [-0.15, -0.1) is 0 Å². The first-order valence-electron chi connectivity index (χ1n) is 7.82. The summed E-state index contributed by atoms with van der Waals surface area (Å²) < 4.78 is 0. The number of unbranched alkanes of at least 4 members (excludes halogenated alkanes) is 2. The van der Waals surface area contributed by atoms with E-state index in [-0.39, 0.29) is 0 Å². The summed E-state index contributed by atoms with van der Waals surface area (Å²) in [5.74, 6) is 0.864. The van der Waals surface area contributed by atoms with Gasteiger partial charge in [-0.25, -0.2) is 0 Å². The molecule has 17 heavy (non-hydrogen) atoms. The van der Waals surface area contributed by atoms with E-state index in [1.165, 1.54) is 57.9 Å². The molecule has 0 bridgehead atoms. The van der Waals surface area contributed by atoms with E-state index in [0.717, 1.165) is 12.0 Å². The van der Waals surface area contributed by atoms with Crippen LogP contribution >= 0.6 is 0 Å². The molecule has 0 aromatic rings. The van der Waals surface area contributed by atoms with E-state index >= 15 is 0 Å². The van der Waals surface area contributed by atoms with Crippen LogP contribution in [0.3, 0.4) is 0 Å². The predicted molar refractivity (Wildman–Crippen MR) is 79.5 cm³/mol. The molecule has 0 fully saturated rings. The maximum absolute atomic E-state index is 2.61. The van der Waals surface area contributed by atoms with Crippen LogP contribution in [-0.4, -0.2) is 24.5 Å². The van der Waals surface area contributed by atoms with Crippen molar-refractivity contribution in [1.29, 1.82) is 0 Å². The van der Waals surface area contributed by atoms with E-state index < -0.39 is 0 Å². The fourth-order valence-corrected chi connectivity index (χ4v) is 2.47. The highest BCUT2D eigenvalue weighted by Crippen LogP contribution is 2.16. The Morgan fingerprint density at radius 3 is 2.06 bits per heavy atom. The van der Waals surface area contributed by atoms with Crippen LogP contribution in [0, 0.1) is 5.92 Å². The summed E-state index contributed by atoms with van der Waals surface area (Å²) in [4.78, 5) is 2.61. The molecule has 0 aliphatic rings. The Hall–Kier alpha value is -0.0400. The highest BCUT2D eigenvalue weighted by Gasteiger charge is 2.13. The molecule has 1 heteroatoms. The van der Waals surface area contributed by atoms with Crippen molar-refractivity contribution in [2.75, 3.05) is 13.6 Å². The van der Waals surface area contributed by atoms with Crippen molar-refractivity contribution in [3.63, 3.8) is 0 Å². The lowest BCUT2D eigenvalue weighted by Crippen LogP contribution is -2.32. The van der Waals surface area contributed by atoms with Crippen LogP contribution in [0.2, 0.25) is 0 Å². The summed E-state index contributed by atoms with van der Waals surface area (Å²) in [6.45, 7) is 10.6. The van der Waals surface area contributed by atoms with Crippen molar-refractivity contribution in [3.05, 3.63) is 0 Å². The van der Waals surface area contributed by atoms with Crippen molar-refractivity contribution in [3.8, 4) is 0 Å². The Morgan fingerprint density at radius 2 is 1.53 bits per heavy atom. The number of hydrogen-bond acceptors (Lipinski definition) is 1. The summed E-state index contributed by atoms with van der Waals surface area (Å²) in [7, 11) is 2.32. The van der Waals surface area contributed by atoms with Crippen molar-refractivity contribution >= 4 is 0 Å². The molecule has 0 spiro atoms. The summed E-state index contributed by atoms with van der Waals surface area (Å²) in [6.07, 6.45) is 11.0. The van der Waals surface area contributed by atoms with Crippen LogP contribution in [-0.2, 0) is 0 Å². The zero-order valence-electron chi connectivity index (χ0n) is 13.0. The van der Waals surface area contributed by atoms with Crippen molar-refractivity contribution in [2.45, 2.75) is 85.1 Å². The predicted octanol–water partition coefficient (Wildman–Crippen LogP) is 5.10. The first-order valence-corrected chi connectivity index (χ1v) is 7.82. The molecule has 104 valence electrons. The Morgan fingerprint density at radius 1 is 0.824 bits per heavy atom. The van der Waals surface area contributed by atoms with E-state index in [9.17, 15) is 0 Å². The van der Waals surface area contributed by atoms with Crippen LogP contribution in [0.5, 0.6) is 0 Å². The first-order chi connectivity index (χ1) is 8.11. The van der Waals surface area contributed by atoms with Gasteiger partial charge in [0.15, 0.2) is 0 Å². The second kappa shape index (κ2) is 11.1. The second-order valence-electron chi connectivity index (χ2n) is 5.95. The fraction of sp³-hybridized carbons (Fsp3) is 1.00. The lowest BCUT2D eigenvalue weighted by molar-refractivity contribution is 0.207. The number of rotatable bonds is 11. The topological polar surface area (TPSA) is 3.24 Å². The van der Waals surface area contributed by atoms with Gasteiger partial charge >= 0.3 is 0 Å². The molecule has 1 unspecified atom stereocenters. The molecule has 0 saturated carbocycles. The molecule has 1 nitrogen and oxygen atoms in total. The minimum Gasteiger partial charge on any atom is -0.303 e.